The number of fused-ring (bicyclic) bond motifs is 1. The third-order valence-corrected chi connectivity index (χ3v) is 4.19. The Morgan fingerprint density at radius 1 is 1.04 bits per heavy atom. The van der Waals surface area contributed by atoms with Crippen molar-refractivity contribution in [3.8, 4) is 5.75 Å². The molecule has 5 heteroatoms. The normalized spacial score (nSPS) is 14.7. The fourth-order valence-corrected chi connectivity index (χ4v) is 2.99. The van der Waals surface area contributed by atoms with Crippen LogP contribution in [0.15, 0.2) is 54.6 Å². The predicted octanol–water partition coefficient (Wildman–Crippen LogP) is 2.79. The Morgan fingerprint density at radius 2 is 1.88 bits per heavy atom. The highest BCUT2D eigenvalue weighted by Crippen LogP contribution is 2.22. The van der Waals surface area contributed by atoms with Crippen LogP contribution in [0.25, 0.3) is 0 Å². The van der Waals surface area contributed by atoms with Gasteiger partial charge in [-0.1, -0.05) is 48.5 Å². The maximum atomic E-state index is 5.81. The van der Waals surface area contributed by atoms with E-state index in [1.807, 2.05) is 30.3 Å². The number of para-hydroxylation sites is 1. The van der Waals surface area contributed by atoms with Gasteiger partial charge in [0.05, 0.1) is 6.54 Å². The average Bonchev–Trinajstić information content (AvgIpc) is 2.93. The summed E-state index contributed by atoms with van der Waals surface area (Å²) in [6.07, 6.45) is 0.778. The van der Waals surface area contributed by atoms with E-state index in [0.717, 1.165) is 43.5 Å². The molecule has 1 N–H and O–H groups in total. The molecule has 0 radical (unpaired) electrons. The molecule has 0 saturated carbocycles. The lowest BCUT2D eigenvalue weighted by Crippen LogP contribution is -2.25. The van der Waals surface area contributed by atoms with Gasteiger partial charge < -0.3 is 4.74 Å². The highest BCUT2D eigenvalue weighted by Gasteiger charge is 2.16. The number of ether oxygens (including phenoxy) is 1. The van der Waals surface area contributed by atoms with Gasteiger partial charge in [-0.15, -0.1) is 0 Å². The van der Waals surface area contributed by atoms with Crippen LogP contribution in [0.4, 0.5) is 0 Å². The Labute approximate surface area is 141 Å². The number of aromatic nitrogens is 3. The lowest BCUT2D eigenvalue weighted by Gasteiger charge is -2.16. The molecular formula is C19H20N4O. The van der Waals surface area contributed by atoms with Crippen LogP contribution in [-0.2, 0) is 19.5 Å². The third-order valence-electron chi connectivity index (χ3n) is 4.19. The van der Waals surface area contributed by atoms with Crippen molar-refractivity contribution >= 4 is 0 Å². The maximum Gasteiger partial charge on any atom is 0.164 e. The first-order chi connectivity index (χ1) is 11.9. The summed E-state index contributed by atoms with van der Waals surface area (Å²) in [4.78, 5) is 6.96. The molecular weight excluding hydrogens is 300 g/mol. The Kier molecular flexibility index (Phi) is 4.25. The second-order valence-corrected chi connectivity index (χ2v) is 6.03. The zero-order valence-electron chi connectivity index (χ0n) is 13.5. The highest BCUT2D eigenvalue weighted by atomic mass is 16.5. The molecule has 0 saturated heterocycles. The number of aromatic amines is 1. The zero-order valence-corrected chi connectivity index (χ0v) is 13.5. The van der Waals surface area contributed by atoms with E-state index in [-0.39, 0.29) is 0 Å². The average molecular weight is 320 g/mol. The minimum atomic E-state index is 0.693. The first-order valence-corrected chi connectivity index (χ1v) is 8.24. The molecule has 0 fully saturated rings. The van der Waals surface area contributed by atoms with Gasteiger partial charge in [-0.05, 0) is 11.6 Å². The number of benzene rings is 2. The number of nitrogens with one attached hydrogen (secondary N) is 1. The van der Waals surface area contributed by atoms with Gasteiger partial charge in [0.1, 0.15) is 18.2 Å². The molecule has 1 aliphatic rings. The first kappa shape index (κ1) is 14.9. The summed E-state index contributed by atoms with van der Waals surface area (Å²) in [6.45, 7) is 3.15. The SMILES string of the molecule is c1ccc(Cc2nc(CN3CCOc4ccccc4C3)n[nH]2)cc1. The van der Waals surface area contributed by atoms with Gasteiger partial charge in [0.25, 0.3) is 0 Å². The van der Waals surface area contributed by atoms with E-state index >= 15 is 0 Å². The number of H-pyrrole nitrogens is 1. The summed E-state index contributed by atoms with van der Waals surface area (Å²) in [7, 11) is 0. The first-order valence-electron chi connectivity index (χ1n) is 8.24. The molecule has 4 rings (SSSR count). The molecule has 0 amide bonds. The van der Waals surface area contributed by atoms with Crippen LogP contribution in [0.5, 0.6) is 5.75 Å². The summed E-state index contributed by atoms with van der Waals surface area (Å²) in [5, 5.41) is 7.43. The molecule has 0 aliphatic carbocycles. The van der Waals surface area contributed by atoms with Crippen LogP contribution in [0.3, 0.4) is 0 Å². The van der Waals surface area contributed by atoms with Crippen LogP contribution in [0.2, 0.25) is 0 Å². The van der Waals surface area contributed by atoms with Gasteiger partial charge in [-0.25, -0.2) is 4.98 Å². The van der Waals surface area contributed by atoms with Gasteiger partial charge >= 0.3 is 0 Å². The Bertz CT molecular complexity index is 800. The van der Waals surface area contributed by atoms with Crippen molar-refractivity contribution in [1.29, 1.82) is 0 Å². The summed E-state index contributed by atoms with van der Waals surface area (Å²) >= 11 is 0. The molecule has 3 aromatic rings. The van der Waals surface area contributed by atoms with E-state index in [1.165, 1.54) is 11.1 Å². The van der Waals surface area contributed by atoms with E-state index < -0.39 is 0 Å². The number of rotatable bonds is 4. The molecule has 2 heterocycles. The monoisotopic (exact) mass is 320 g/mol. The number of hydrogen-bond donors (Lipinski definition) is 1. The van der Waals surface area contributed by atoms with Crippen molar-refractivity contribution in [2.24, 2.45) is 0 Å². The molecule has 1 aromatic heterocycles. The Balaban J connectivity index is 1.42. The van der Waals surface area contributed by atoms with E-state index in [4.69, 9.17) is 4.74 Å². The molecule has 0 spiro atoms. The minimum Gasteiger partial charge on any atom is -0.492 e. The van der Waals surface area contributed by atoms with Crippen molar-refractivity contribution in [1.82, 2.24) is 20.1 Å². The highest BCUT2D eigenvalue weighted by molar-refractivity contribution is 5.33. The molecule has 122 valence electrons. The zero-order chi connectivity index (χ0) is 16.2. The van der Waals surface area contributed by atoms with E-state index in [9.17, 15) is 0 Å². The number of nitrogens with zero attached hydrogens (tertiary/aromatic N) is 3. The second-order valence-electron chi connectivity index (χ2n) is 6.03. The van der Waals surface area contributed by atoms with Crippen LogP contribution < -0.4 is 4.74 Å². The lowest BCUT2D eigenvalue weighted by atomic mass is 10.1. The van der Waals surface area contributed by atoms with Crippen LogP contribution in [0.1, 0.15) is 22.8 Å². The summed E-state index contributed by atoms with van der Waals surface area (Å²) in [5.74, 6) is 2.72. The fraction of sp³-hybridized carbons (Fsp3) is 0.263. The Morgan fingerprint density at radius 3 is 2.79 bits per heavy atom. The van der Waals surface area contributed by atoms with Gasteiger partial charge in [0, 0.05) is 25.1 Å². The fourth-order valence-electron chi connectivity index (χ4n) is 2.99. The van der Waals surface area contributed by atoms with Crippen molar-refractivity contribution in [3.63, 3.8) is 0 Å². The molecule has 5 nitrogen and oxygen atoms in total. The van der Waals surface area contributed by atoms with Gasteiger partial charge in [0.2, 0.25) is 0 Å². The van der Waals surface area contributed by atoms with E-state index in [2.05, 4.69) is 44.3 Å². The van der Waals surface area contributed by atoms with Crippen molar-refractivity contribution in [2.75, 3.05) is 13.2 Å². The van der Waals surface area contributed by atoms with Crippen LogP contribution in [-0.4, -0.2) is 33.2 Å². The summed E-state index contributed by atoms with van der Waals surface area (Å²) in [5.41, 5.74) is 2.45. The van der Waals surface area contributed by atoms with Crippen molar-refractivity contribution in [2.45, 2.75) is 19.5 Å². The third kappa shape index (κ3) is 3.46. The van der Waals surface area contributed by atoms with Gasteiger partial charge in [0.15, 0.2) is 5.82 Å². The molecule has 0 unspecified atom stereocenters. The summed E-state index contributed by atoms with van der Waals surface area (Å²) in [6, 6.07) is 18.5. The largest absolute Gasteiger partial charge is 0.492 e. The maximum absolute atomic E-state index is 5.81. The topological polar surface area (TPSA) is 54.0 Å². The van der Waals surface area contributed by atoms with Crippen LogP contribution >= 0.6 is 0 Å². The molecule has 0 atom stereocenters. The van der Waals surface area contributed by atoms with Gasteiger partial charge in [-0.3, -0.25) is 10.00 Å². The standard InChI is InChI=1S/C19H20N4O/c1-2-6-15(7-3-1)12-18-20-19(22-21-18)14-23-10-11-24-17-9-5-4-8-16(17)13-23/h1-9H,10-14H2,(H,20,21,22). The van der Waals surface area contributed by atoms with Gasteiger partial charge in [-0.2, -0.15) is 5.10 Å². The minimum absolute atomic E-state index is 0.693. The van der Waals surface area contributed by atoms with Crippen molar-refractivity contribution < 1.29 is 4.74 Å². The molecule has 24 heavy (non-hydrogen) atoms. The molecule has 2 aromatic carbocycles. The molecule has 0 bridgehead atoms. The second kappa shape index (κ2) is 6.84. The van der Waals surface area contributed by atoms with E-state index in [0.29, 0.717) is 6.61 Å². The van der Waals surface area contributed by atoms with E-state index in [1.54, 1.807) is 0 Å². The van der Waals surface area contributed by atoms with Crippen molar-refractivity contribution in [3.05, 3.63) is 77.4 Å². The van der Waals surface area contributed by atoms with Crippen LogP contribution in [0, 0.1) is 0 Å². The lowest BCUT2D eigenvalue weighted by molar-refractivity contribution is 0.216. The Hall–Kier alpha value is -2.66. The smallest absolute Gasteiger partial charge is 0.164 e. The molecule has 1 aliphatic heterocycles. The predicted molar refractivity (Wildman–Crippen MR) is 91.7 cm³/mol. The quantitative estimate of drug-likeness (QED) is 0.803. The number of hydrogen-bond acceptors (Lipinski definition) is 4. The summed E-state index contributed by atoms with van der Waals surface area (Å²) < 4.78 is 5.81.